The topological polar surface area (TPSA) is 84.2 Å². The van der Waals surface area contributed by atoms with E-state index in [1.165, 1.54) is 6.08 Å². The van der Waals surface area contributed by atoms with E-state index in [0.29, 0.717) is 29.9 Å². The molecule has 0 bridgehead atoms. The number of fused-ring (bicyclic) bond motifs is 1. The number of carbonyl (C=O) groups excluding carboxylic acids is 2. The first kappa shape index (κ1) is 15.4. The predicted octanol–water partition coefficient (Wildman–Crippen LogP) is 0.868. The molecule has 1 aliphatic rings. The van der Waals surface area contributed by atoms with Crippen LogP contribution in [0.15, 0.2) is 36.0 Å². The Hall–Kier alpha value is -1.98. The van der Waals surface area contributed by atoms with Crippen molar-refractivity contribution < 1.29 is 9.59 Å². The number of carbonyl (C=O) groups is 2. The standard InChI is InChI=1S/C16H21N3O2/c17-7-3-8-18-9-4-10-19-14-11-15(20)12-5-1-2-6-13(12)16(14)21/h1-2,5-6,11,18-19H,3-4,7-10,17H2. The highest BCUT2D eigenvalue weighted by Crippen LogP contribution is 2.19. The average Bonchev–Trinajstić information content (AvgIpc) is 2.51. The molecule has 0 radical (unpaired) electrons. The van der Waals surface area contributed by atoms with Crippen LogP contribution >= 0.6 is 0 Å². The molecule has 5 nitrogen and oxygen atoms in total. The second kappa shape index (κ2) is 7.71. The Morgan fingerprint density at radius 1 is 0.952 bits per heavy atom. The molecule has 0 spiro atoms. The first-order chi connectivity index (χ1) is 10.2. The van der Waals surface area contributed by atoms with Gasteiger partial charge in [0.25, 0.3) is 0 Å². The fraction of sp³-hybridized carbons (Fsp3) is 0.375. The number of ketones is 2. The summed E-state index contributed by atoms with van der Waals surface area (Å²) >= 11 is 0. The quantitative estimate of drug-likeness (QED) is 0.618. The van der Waals surface area contributed by atoms with E-state index in [-0.39, 0.29) is 11.6 Å². The van der Waals surface area contributed by atoms with Gasteiger partial charge in [-0.15, -0.1) is 0 Å². The van der Waals surface area contributed by atoms with Crippen LogP contribution in [0.3, 0.4) is 0 Å². The van der Waals surface area contributed by atoms with Crippen molar-refractivity contribution in [3.63, 3.8) is 0 Å². The van der Waals surface area contributed by atoms with Crippen LogP contribution in [0.5, 0.6) is 0 Å². The van der Waals surface area contributed by atoms with Crippen molar-refractivity contribution in [2.75, 3.05) is 26.2 Å². The van der Waals surface area contributed by atoms with Crippen molar-refractivity contribution in [1.82, 2.24) is 10.6 Å². The van der Waals surface area contributed by atoms with Gasteiger partial charge in [0.2, 0.25) is 5.78 Å². The molecule has 112 valence electrons. The molecule has 0 unspecified atom stereocenters. The number of benzene rings is 1. The van der Waals surface area contributed by atoms with Crippen LogP contribution in [0.1, 0.15) is 33.6 Å². The number of hydrogen-bond acceptors (Lipinski definition) is 5. The van der Waals surface area contributed by atoms with Gasteiger partial charge in [-0.25, -0.2) is 0 Å². The van der Waals surface area contributed by atoms with Crippen molar-refractivity contribution in [3.05, 3.63) is 47.2 Å². The third kappa shape index (κ3) is 4.00. The summed E-state index contributed by atoms with van der Waals surface area (Å²) in [5.41, 5.74) is 6.76. The summed E-state index contributed by atoms with van der Waals surface area (Å²) in [5.74, 6) is -0.227. The monoisotopic (exact) mass is 287 g/mol. The fourth-order valence-electron chi connectivity index (χ4n) is 2.24. The molecule has 5 heteroatoms. The SMILES string of the molecule is NCCCNCCCNC1=CC(=O)c2ccccc2C1=O. The summed E-state index contributed by atoms with van der Waals surface area (Å²) in [6, 6.07) is 6.92. The van der Waals surface area contributed by atoms with E-state index in [2.05, 4.69) is 10.6 Å². The lowest BCUT2D eigenvalue weighted by Crippen LogP contribution is -2.29. The zero-order valence-corrected chi connectivity index (χ0v) is 12.0. The summed E-state index contributed by atoms with van der Waals surface area (Å²) < 4.78 is 0. The molecule has 0 heterocycles. The third-order valence-corrected chi connectivity index (χ3v) is 3.36. The van der Waals surface area contributed by atoms with Crippen LogP contribution in [0.4, 0.5) is 0 Å². The molecule has 0 atom stereocenters. The normalized spacial score (nSPS) is 13.9. The van der Waals surface area contributed by atoms with Gasteiger partial charge in [0.15, 0.2) is 5.78 Å². The molecule has 1 aromatic rings. The van der Waals surface area contributed by atoms with Crippen LogP contribution in [0.2, 0.25) is 0 Å². The van der Waals surface area contributed by atoms with Gasteiger partial charge >= 0.3 is 0 Å². The van der Waals surface area contributed by atoms with E-state index in [4.69, 9.17) is 5.73 Å². The molecule has 0 aliphatic heterocycles. The van der Waals surface area contributed by atoms with Gasteiger partial charge in [-0.3, -0.25) is 9.59 Å². The Morgan fingerprint density at radius 2 is 1.67 bits per heavy atom. The maximum Gasteiger partial charge on any atom is 0.209 e. The van der Waals surface area contributed by atoms with Crippen molar-refractivity contribution in [2.45, 2.75) is 12.8 Å². The Labute approximate surface area is 124 Å². The maximum absolute atomic E-state index is 12.3. The van der Waals surface area contributed by atoms with Gasteiger partial charge in [-0.05, 0) is 32.5 Å². The molecule has 2 rings (SSSR count). The number of nitrogens with two attached hydrogens (primary N) is 1. The number of Topliss-reactive ketones (excluding diaryl/α,β-unsaturated/α-hetero) is 1. The molecule has 21 heavy (non-hydrogen) atoms. The lowest BCUT2D eigenvalue weighted by molar-refractivity contribution is 0.0978. The molecular weight excluding hydrogens is 266 g/mol. The minimum absolute atomic E-state index is 0.110. The average molecular weight is 287 g/mol. The number of rotatable bonds is 8. The lowest BCUT2D eigenvalue weighted by atomic mass is 9.93. The van der Waals surface area contributed by atoms with E-state index in [1.54, 1.807) is 24.3 Å². The first-order valence-corrected chi connectivity index (χ1v) is 7.28. The Bertz CT molecular complexity index is 552. The second-order valence-corrected chi connectivity index (χ2v) is 4.97. The molecule has 0 saturated carbocycles. The summed E-state index contributed by atoms with van der Waals surface area (Å²) in [7, 11) is 0. The highest BCUT2D eigenvalue weighted by molar-refractivity contribution is 6.24. The van der Waals surface area contributed by atoms with Gasteiger partial charge in [0, 0.05) is 23.7 Å². The largest absolute Gasteiger partial charge is 0.382 e. The van der Waals surface area contributed by atoms with Gasteiger partial charge < -0.3 is 16.4 Å². The maximum atomic E-state index is 12.3. The Balaban J connectivity index is 1.82. The summed E-state index contributed by atoms with van der Waals surface area (Å²) in [6.07, 6.45) is 3.24. The number of hydrogen-bond donors (Lipinski definition) is 3. The van der Waals surface area contributed by atoms with E-state index in [0.717, 1.165) is 25.9 Å². The molecule has 0 fully saturated rings. The van der Waals surface area contributed by atoms with Crippen molar-refractivity contribution >= 4 is 11.6 Å². The fourth-order valence-corrected chi connectivity index (χ4v) is 2.24. The van der Waals surface area contributed by atoms with Crippen LogP contribution in [0.25, 0.3) is 0 Å². The molecule has 4 N–H and O–H groups in total. The van der Waals surface area contributed by atoms with Crippen LogP contribution in [-0.2, 0) is 0 Å². The van der Waals surface area contributed by atoms with Crippen LogP contribution in [0, 0.1) is 0 Å². The van der Waals surface area contributed by atoms with E-state index >= 15 is 0 Å². The highest BCUT2D eigenvalue weighted by atomic mass is 16.1. The van der Waals surface area contributed by atoms with Gasteiger partial charge in [-0.2, -0.15) is 0 Å². The van der Waals surface area contributed by atoms with Gasteiger partial charge in [-0.1, -0.05) is 24.3 Å². The smallest absolute Gasteiger partial charge is 0.209 e. The van der Waals surface area contributed by atoms with E-state index < -0.39 is 0 Å². The molecular formula is C16H21N3O2. The summed E-state index contributed by atoms with van der Waals surface area (Å²) in [5, 5.41) is 6.33. The van der Waals surface area contributed by atoms with E-state index in [9.17, 15) is 9.59 Å². The van der Waals surface area contributed by atoms with Crippen LogP contribution < -0.4 is 16.4 Å². The molecule has 0 saturated heterocycles. The Kier molecular flexibility index (Phi) is 5.66. The molecule has 1 aliphatic carbocycles. The minimum atomic E-state index is -0.117. The van der Waals surface area contributed by atoms with Crippen molar-refractivity contribution in [1.29, 1.82) is 0 Å². The first-order valence-electron chi connectivity index (χ1n) is 7.28. The van der Waals surface area contributed by atoms with Crippen molar-refractivity contribution in [3.8, 4) is 0 Å². The van der Waals surface area contributed by atoms with Gasteiger partial charge in [0.05, 0.1) is 5.70 Å². The third-order valence-electron chi connectivity index (χ3n) is 3.36. The predicted molar refractivity (Wildman–Crippen MR) is 82.3 cm³/mol. The number of nitrogens with one attached hydrogen (secondary N) is 2. The lowest BCUT2D eigenvalue weighted by Gasteiger charge is -2.16. The van der Waals surface area contributed by atoms with Crippen LogP contribution in [-0.4, -0.2) is 37.7 Å². The highest BCUT2D eigenvalue weighted by Gasteiger charge is 2.24. The zero-order chi connectivity index (χ0) is 15.1. The molecule has 0 amide bonds. The van der Waals surface area contributed by atoms with E-state index in [1.807, 2.05) is 0 Å². The molecule has 0 aromatic heterocycles. The Morgan fingerprint density at radius 3 is 2.43 bits per heavy atom. The minimum Gasteiger partial charge on any atom is -0.382 e. The molecule has 1 aromatic carbocycles. The summed E-state index contributed by atoms with van der Waals surface area (Å²) in [4.78, 5) is 24.2. The number of allylic oxidation sites excluding steroid dienone is 2. The summed E-state index contributed by atoms with van der Waals surface area (Å²) in [6.45, 7) is 3.11. The van der Waals surface area contributed by atoms with Gasteiger partial charge in [0.1, 0.15) is 0 Å². The van der Waals surface area contributed by atoms with Crippen molar-refractivity contribution in [2.24, 2.45) is 5.73 Å². The second-order valence-electron chi connectivity index (χ2n) is 4.97. The zero-order valence-electron chi connectivity index (χ0n) is 12.0.